The summed E-state index contributed by atoms with van der Waals surface area (Å²) >= 11 is 0. The van der Waals surface area contributed by atoms with Crippen LogP contribution >= 0.6 is 0 Å². The highest BCUT2D eigenvalue weighted by atomic mass is 16.6. The van der Waals surface area contributed by atoms with Crippen molar-refractivity contribution in [2.75, 3.05) is 19.8 Å². The minimum absolute atomic E-state index is 0.0256. The van der Waals surface area contributed by atoms with Crippen molar-refractivity contribution in [1.82, 2.24) is 5.32 Å². The highest BCUT2D eigenvalue weighted by molar-refractivity contribution is 5.92. The summed E-state index contributed by atoms with van der Waals surface area (Å²) in [6, 6.07) is 13.4. The first-order valence-electron chi connectivity index (χ1n) is 8.39. The first-order chi connectivity index (χ1) is 12.3. The molecule has 4 rings (SSSR count). The molecule has 0 spiro atoms. The standard InChI is InChI=1S/C20H19NO4/c22-20(21-16-9-10-23-17-4-2-1-3-15(16)17)8-6-14-5-7-18-19(13-14)25-12-11-24-18/h1-8,13,16H,9-12H2,(H,21,22)/b8-6+/t16-/m1/s1. The van der Waals surface area contributed by atoms with E-state index in [1.165, 1.54) is 0 Å². The van der Waals surface area contributed by atoms with Crippen LogP contribution in [0.1, 0.15) is 23.6 Å². The summed E-state index contributed by atoms with van der Waals surface area (Å²) in [5.41, 5.74) is 1.92. The first kappa shape index (κ1) is 15.6. The van der Waals surface area contributed by atoms with E-state index in [1.54, 1.807) is 12.2 Å². The van der Waals surface area contributed by atoms with Crippen molar-refractivity contribution in [3.05, 3.63) is 59.7 Å². The SMILES string of the molecule is O=C(/C=C/c1ccc2c(c1)OCCO2)N[C@@H]1CCOc2ccccc21. The Hall–Kier alpha value is -2.95. The molecular formula is C20H19NO4. The molecule has 25 heavy (non-hydrogen) atoms. The smallest absolute Gasteiger partial charge is 0.244 e. The zero-order chi connectivity index (χ0) is 17.1. The molecule has 5 nitrogen and oxygen atoms in total. The van der Waals surface area contributed by atoms with E-state index < -0.39 is 0 Å². The van der Waals surface area contributed by atoms with E-state index >= 15 is 0 Å². The van der Waals surface area contributed by atoms with Crippen LogP contribution < -0.4 is 19.5 Å². The van der Waals surface area contributed by atoms with E-state index in [2.05, 4.69) is 5.32 Å². The van der Waals surface area contributed by atoms with Gasteiger partial charge in [-0.25, -0.2) is 0 Å². The minimum Gasteiger partial charge on any atom is -0.493 e. The minimum atomic E-state index is -0.128. The fourth-order valence-corrected chi connectivity index (χ4v) is 3.05. The zero-order valence-electron chi connectivity index (χ0n) is 13.7. The molecule has 1 amide bonds. The van der Waals surface area contributed by atoms with Gasteiger partial charge < -0.3 is 19.5 Å². The summed E-state index contributed by atoms with van der Waals surface area (Å²) in [5, 5.41) is 3.05. The number of amides is 1. The average molecular weight is 337 g/mol. The maximum absolute atomic E-state index is 12.3. The van der Waals surface area contributed by atoms with Crippen molar-refractivity contribution in [2.24, 2.45) is 0 Å². The molecule has 1 N–H and O–H groups in total. The molecule has 2 aromatic rings. The fraction of sp³-hybridized carbons (Fsp3) is 0.250. The Balaban J connectivity index is 1.43. The molecule has 0 saturated heterocycles. The van der Waals surface area contributed by atoms with Crippen LogP contribution in [-0.4, -0.2) is 25.7 Å². The molecule has 0 radical (unpaired) electrons. The van der Waals surface area contributed by atoms with Gasteiger partial charge in [0.1, 0.15) is 19.0 Å². The lowest BCUT2D eigenvalue weighted by Gasteiger charge is -2.26. The van der Waals surface area contributed by atoms with Crippen LogP contribution in [-0.2, 0) is 4.79 Å². The van der Waals surface area contributed by atoms with E-state index in [0.29, 0.717) is 25.6 Å². The monoisotopic (exact) mass is 337 g/mol. The van der Waals surface area contributed by atoms with Gasteiger partial charge in [0.2, 0.25) is 5.91 Å². The predicted octanol–water partition coefficient (Wildman–Crippen LogP) is 3.11. The zero-order valence-corrected chi connectivity index (χ0v) is 13.7. The van der Waals surface area contributed by atoms with Crippen LogP contribution in [0.3, 0.4) is 0 Å². The van der Waals surface area contributed by atoms with Crippen molar-refractivity contribution < 1.29 is 19.0 Å². The second-order valence-corrected chi connectivity index (χ2v) is 5.97. The van der Waals surface area contributed by atoms with E-state index in [-0.39, 0.29) is 11.9 Å². The Labute approximate surface area is 146 Å². The van der Waals surface area contributed by atoms with Gasteiger partial charge in [0.05, 0.1) is 12.6 Å². The molecule has 0 unspecified atom stereocenters. The summed E-state index contributed by atoms with van der Waals surface area (Å²) in [6.45, 7) is 1.72. The third-order valence-electron chi connectivity index (χ3n) is 4.27. The third-order valence-corrected chi connectivity index (χ3v) is 4.27. The van der Waals surface area contributed by atoms with Gasteiger partial charge in [-0.05, 0) is 29.8 Å². The Bertz CT molecular complexity index is 815. The van der Waals surface area contributed by atoms with Gasteiger partial charge in [-0.15, -0.1) is 0 Å². The molecule has 0 fully saturated rings. The maximum atomic E-state index is 12.3. The van der Waals surface area contributed by atoms with Gasteiger partial charge in [0.15, 0.2) is 11.5 Å². The molecule has 2 aliphatic heterocycles. The molecule has 0 saturated carbocycles. The number of fused-ring (bicyclic) bond motifs is 2. The first-order valence-corrected chi connectivity index (χ1v) is 8.39. The van der Waals surface area contributed by atoms with Crippen LogP contribution in [0.2, 0.25) is 0 Å². The topological polar surface area (TPSA) is 56.8 Å². The van der Waals surface area contributed by atoms with Crippen molar-refractivity contribution in [3.8, 4) is 17.2 Å². The summed E-state index contributed by atoms with van der Waals surface area (Å²) < 4.78 is 16.7. The molecule has 0 bridgehead atoms. The summed E-state index contributed by atoms with van der Waals surface area (Å²) in [5.74, 6) is 2.17. The normalized spacial score (nSPS) is 18.3. The van der Waals surface area contributed by atoms with Crippen LogP contribution in [0.15, 0.2) is 48.5 Å². The molecule has 128 valence electrons. The van der Waals surface area contributed by atoms with Crippen molar-refractivity contribution in [2.45, 2.75) is 12.5 Å². The number of hydrogen-bond donors (Lipinski definition) is 1. The van der Waals surface area contributed by atoms with Gasteiger partial charge in [-0.1, -0.05) is 24.3 Å². The van der Waals surface area contributed by atoms with Gasteiger partial charge >= 0.3 is 0 Å². The molecule has 5 heteroatoms. The van der Waals surface area contributed by atoms with Gasteiger partial charge in [-0.2, -0.15) is 0 Å². The largest absolute Gasteiger partial charge is 0.493 e. The van der Waals surface area contributed by atoms with Crippen molar-refractivity contribution in [3.63, 3.8) is 0 Å². The van der Waals surface area contributed by atoms with Crippen LogP contribution in [0.5, 0.6) is 17.2 Å². The van der Waals surface area contributed by atoms with Crippen molar-refractivity contribution >= 4 is 12.0 Å². The lowest BCUT2D eigenvalue weighted by molar-refractivity contribution is -0.117. The molecule has 2 heterocycles. The van der Waals surface area contributed by atoms with E-state index in [0.717, 1.165) is 29.0 Å². The number of hydrogen-bond acceptors (Lipinski definition) is 4. The molecule has 2 aromatic carbocycles. The predicted molar refractivity (Wildman–Crippen MR) is 93.9 cm³/mol. The number of carbonyl (C=O) groups is 1. The Morgan fingerprint density at radius 3 is 2.68 bits per heavy atom. The van der Waals surface area contributed by atoms with E-state index in [1.807, 2.05) is 42.5 Å². The Morgan fingerprint density at radius 1 is 0.960 bits per heavy atom. The summed E-state index contributed by atoms with van der Waals surface area (Å²) in [6.07, 6.45) is 4.09. The summed E-state index contributed by atoms with van der Waals surface area (Å²) in [4.78, 5) is 12.3. The third kappa shape index (κ3) is 3.45. The lowest BCUT2D eigenvalue weighted by atomic mass is 10.0. The van der Waals surface area contributed by atoms with Crippen molar-refractivity contribution in [1.29, 1.82) is 0 Å². The molecule has 0 aliphatic carbocycles. The summed E-state index contributed by atoms with van der Waals surface area (Å²) in [7, 11) is 0. The van der Waals surface area contributed by atoms with E-state index in [9.17, 15) is 4.79 Å². The molecule has 0 aromatic heterocycles. The average Bonchev–Trinajstić information content (AvgIpc) is 2.66. The van der Waals surface area contributed by atoms with Crippen LogP contribution in [0, 0.1) is 0 Å². The van der Waals surface area contributed by atoms with E-state index in [4.69, 9.17) is 14.2 Å². The maximum Gasteiger partial charge on any atom is 0.244 e. The van der Waals surface area contributed by atoms with Gasteiger partial charge in [0, 0.05) is 18.1 Å². The Morgan fingerprint density at radius 2 is 1.76 bits per heavy atom. The molecule has 1 atom stereocenters. The van der Waals surface area contributed by atoms with Crippen LogP contribution in [0.4, 0.5) is 0 Å². The number of rotatable bonds is 3. The number of benzene rings is 2. The fourth-order valence-electron chi connectivity index (χ4n) is 3.05. The molecule has 2 aliphatic rings. The Kier molecular flexibility index (Phi) is 4.29. The van der Waals surface area contributed by atoms with Gasteiger partial charge in [0.25, 0.3) is 0 Å². The lowest BCUT2D eigenvalue weighted by Crippen LogP contribution is -2.30. The second kappa shape index (κ2) is 6.89. The number of para-hydroxylation sites is 1. The number of ether oxygens (including phenoxy) is 3. The number of nitrogens with one attached hydrogen (secondary N) is 1. The second-order valence-electron chi connectivity index (χ2n) is 5.97. The molecular weight excluding hydrogens is 318 g/mol. The quantitative estimate of drug-likeness (QED) is 0.875. The van der Waals surface area contributed by atoms with Gasteiger partial charge in [-0.3, -0.25) is 4.79 Å². The highest BCUT2D eigenvalue weighted by Gasteiger charge is 2.21. The number of carbonyl (C=O) groups excluding carboxylic acids is 1. The van der Waals surface area contributed by atoms with Crippen LogP contribution in [0.25, 0.3) is 6.08 Å². The highest BCUT2D eigenvalue weighted by Crippen LogP contribution is 2.32.